The van der Waals surface area contributed by atoms with Gasteiger partial charge in [0.1, 0.15) is 0 Å². The lowest BCUT2D eigenvalue weighted by atomic mass is 9.82. The smallest absolute Gasteiger partial charge is 0.353 e. The van der Waals surface area contributed by atoms with Crippen molar-refractivity contribution in [3.8, 4) is 11.4 Å². The van der Waals surface area contributed by atoms with Crippen LogP contribution in [0.15, 0.2) is 42.1 Å². The lowest BCUT2D eigenvalue weighted by Gasteiger charge is -2.19. The van der Waals surface area contributed by atoms with Crippen LogP contribution in [0.5, 0.6) is 0 Å². The van der Waals surface area contributed by atoms with Crippen LogP contribution in [0, 0.1) is 5.41 Å². The molecule has 0 aromatic carbocycles. The van der Waals surface area contributed by atoms with Gasteiger partial charge in [-0.2, -0.15) is 0 Å². The second-order valence-electron chi connectivity index (χ2n) is 7.15. The average molecular weight is 378 g/mol. The number of carboxylic acids is 2. The van der Waals surface area contributed by atoms with Crippen LogP contribution >= 0.6 is 0 Å². The number of aromatic nitrogens is 2. The van der Waals surface area contributed by atoms with Crippen LogP contribution in [0.3, 0.4) is 0 Å². The van der Waals surface area contributed by atoms with Crippen molar-refractivity contribution in [1.82, 2.24) is 14.6 Å². The predicted octanol–water partition coefficient (Wildman–Crippen LogP) is 2.84. The highest BCUT2D eigenvalue weighted by molar-refractivity contribution is 6.15. The number of carbonyl (C=O) groups is 2. The van der Waals surface area contributed by atoms with Gasteiger partial charge < -0.3 is 10.2 Å². The summed E-state index contributed by atoms with van der Waals surface area (Å²) in [6, 6.07) is 5.56. The maximum Gasteiger partial charge on any atom is 0.353 e. The van der Waals surface area contributed by atoms with E-state index in [1.54, 1.807) is 6.21 Å². The fraction of sp³-hybridized carbons (Fsp3) is 0.238. The Bertz CT molecular complexity index is 1080. The highest BCUT2D eigenvalue weighted by atomic mass is 16.4. The van der Waals surface area contributed by atoms with Crippen LogP contribution in [0.1, 0.15) is 53.6 Å². The lowest BCUT2D eigenvalue weighted by molar-refractivity contribution is 0.0685. The van der Waals surface area contributed by atoms with Gasteiger partial charge in [-0.05, 0) is 36.1 Å². The monoisotopic (exact) mass is 378 g/mol. The molecule has 0 atom stereocenters. The SMILES string of the molecule is CCC(C)(C)C1=CC(c2cc(C(=O)O)cc(-c3cc(C(=O)O)ccn3)n2)=[N+]=C1. The molecule has 0 saturated heterocycles. The fourth-order valence-electron chi connectivity index (χ4n) is 2.70. The molecule has 0 saturated carbocycles. The average Bonchev–Trinajstić information content (AvgIpc) is 3.19. The number of pyridine rings is 2. The third-order valence-corrected chi connectivity index (χ3v) is 4.90. The van der Waals surface area contributed by atoms with Gasteiger partial charge >= 0.3 is 17.7 Å². The first-order valence-electron chi connectivity index (χ1n) is 8.80. The van der Waals surface area contributed by atoms with Crippen molar-refractivity contribution < 1.29 is 19.8 Å². The zero-order valence-electron chi connectivity index (χ0n) is 15.8. The van der Waals surface area contributed by atoms with Crippen molar-refractivity contribution in [2.45, 2.75) is 27.2 Å². The molecule has 0 unspecified atom stereocenters. The minimum Gasteiger partial charge on any atom is -0.478 e. The minimum absolute atomic E-state index is 0.0295. The fourth-order valence-corrected chi connectivity index (χ4v) is 2.70. The molecule has 7 nitrogen and oxygen atoms in total. The predicted molar refractivity (Wildman–Crippen MR) is 106 cm³/mol. The Balaban J connectivity index is 2.10. The van der Waals surface area contributed by atoms with Gasteiger partial charge in [0, 0.05) is 17.8 Å². The van der Waals surface area contributed by atoms with E-state index in [1.807, 2.05) is 6.08 Å². The Morgan fingerprint density at radius 1 is 1.04 bits per heavy atom. The van der Waals surface area contributed by atoms with E-state index >= 15 is 0 Å². The first-order valence-corrected chi connectivity index (χ1v) is 8.80. The van der Waals surface area contributed by atoms with E-state index in [-0.39, 0.29) is 27.9 Å². The van der Waals surface area contributed by atoms with Crippen molar-refractivity contribution in [3.63, 3.8) is 0 Å². The number of nitrogens with zero attached hydrogens (tertiary/aromatic N) is 3. The maximum atomic E-state index is 11.6. The van der Waals surface area contributed by atoms with Gasteiger partial charge in [-0.1, -0.05) is 25.4 Å². The van der Waals surface area contributed by atoms with Gasteiger partial charge in [0.05, 0.1) is 22.5 Å². The zero-order valence-corrected chi connectivity index (χ0v) is 15.8. The molecule has 2 aromatic heterocycles. The summed E-state index contributed by atoms with van der Waals surface area (Å²) >= 11 is 0. The van der Waals surface area contributed by atoms with Gasteiger partial charge in [0.15, 0.2) is 5.69 Å². The summed E-state index contributed by atoms with van der Waals surface area (Å²) in [5.74, 6) is -2.21. The van der Waals surface area contributed by atoms with Gasteiger partial charge in [-0.15, -0.1) is 0 Å². The van der Waals surface area contributed by atoms with E-state index in [1.165, 1.54) is 30.5 Å². The number of hydrogen-bond donors (Lipinski definition) is 2. The Morgan fingerprint density at radius 2 is 1.68 bits per heavy atom. The zero-order chi connectivity index (χ0) is 20.5. The summed E-state index contributed by atoms with van der Waals surface area (Å²) in [6.45, 7) is 6.32. The molecule has 28 heavy (non-hydrogen) atoms. The van der Waals surface area contributed by atoms with E-state index in [2.05, 4.69) is 35.4 Å². The summed E-state index contributed by atoms with van der Waals surface area (Å²) < 4.78 is 4.41. The molecule has 0 aliphatic carbocycles. The van der Waals surface area contributed by atoms with E-state index in [4.69, 9.17) is 0 Å². The molecule has 0 spiro atoms. The summed E-state index contributed by atoms with van der Waals surface area (Å²) in [5.41, 5.74) is 2.58. The molecule has 2 aromatic rings. The van der Waals surface area contributed by atoms with Crippen LogP contribution < -0.4 is 4.67 Å². The number of rotatable bonds is 6. The van der Waals surface area contributed by atoms with E-state index in [0.29, 0.717) is 11.4 Å². The van der Waals surface area contributed by atoms with E-state index in [0.717, 1.165) is 12.0 Å². The molecule has 7 heteroatoms. The van der Waals surface area contributed by atoms with E-state index in [9.17, 15) is 19.8 Å². The second-order valence-corrected chi connectivity index (χ2v) is 7.15. The second kappa shape index (κ2) is 7.21. The highest BCUT2D eigenvalue weighted by Gasteiger charge is 2.30. The van der Waals surface area contributed by atoms with Crippen LogP contribution in [0.4, 0.5) is 0 Å². The van der Waals surface area contributed by atoms with Crippen LogP contribution in [-0.4, -0.2) is 44.0 Å². The first-order chi connectivity index (χ1) is 13.2. The number of carboxylic acid groups (broad SMARTS) is 2. The highest BCUT2D eigenvalue weighted by Crippen LogP contribution is 2.30. The molecule has 0 bridgehead atoms. The van der Waals surface area contributed by atoms with Gasteiger partial charge in [0.25, 0.3) is 6.21 Å². The third kappa shape index (κ3) is 3.75. The third-order valence-electron chi connectivity index (χ3n) is 4.90. The van der Waals surface area contributed by atoms with Gasteiger partial charge in [-0.3, -0.25) is 4.98 Å². The standard InChI is InChI=1S/C21H19N3O4/c1-4-21(2,3)14-10-16(23-11-14)18-9-13(20(27)28)8-17(24-18)15-7-12(19(25)26)5-6-22-15/h5-11H,4H2,1-3H3,(H-,25,26,27,28)/p+1. The molecule has 2 N–H and O–H groups in total. The summed E-state index contributed by atoms with van der Waals surface area (Å²) in [4.78, 5) is 31.5. The van der Waals surface area contributed by atoms with Crippen molar-refractivity contribution in [2.75, 3.05) is 0 Å². The molecule has 0 radical (unpaired) electrons. The molecule has 1 aliphatic heterocycles. The van der Waals surface area contributed by atoms with Crippen LogP contribution in [0.2, 0.25) is 0 Å². The lowest BCUT2D eigenvalue weighted by Crippen LogP contribution is -2.14. The quantitative estimate of drug-likeness (QED) is 0.747. The normalized spacial score (nSPS) is 13.2. The summed E-state index contributed by atoms with van der Waals surface area (Å²) in [6.07, 6.45) is 5.97. The molecule has 0 fully saturated rings. The largest absolute Gasteiger partial charge is 0.478 e. The Hall–Kier alpha value is -3.57. The Morgan fingerprint density at radius 3 is 2.32 bits per heavy atom. The maximum absolute atomic E-state index is 11.6. The van der Waals surface area contributed by atoms with Crippen molar-refractivity contribution >= 4 is 23.9 Å². The molecule has 142 valence electrons. The van der Waals surface area contributed by atoms with Gasteiger partial charge in [0.2, 0.25) is 0 Å². The number of hydrogen-bond acceptors (Lipinski definition) is 4. The minimum atomic E-state index is -1.11. The van der Waals surface area contributed by atoms with Gasteiger partial charge in [-0.25, -0.2) is 14.6 Å². The molecular weight excluding hydrogens is 358 g/mol. The first kappa shape index (κ1) is 19.2. The van der Waals surface area contributed by atoms with Crippen molar-refractivity contribution in [3.05, 3.63) is 58.9 Å². The Kier molecular flexibility index (Phi) is 4.94. The summed E-state index contributed by atoms with van der Waals surface area (Å²) in [5, 5.41) is 18.7. The van der Waals surface area contributed by atoms with Crippen molar-refractivity contribution in [1.29, 1.82) is 0 Å². The molecule has 1 aliphatic rings. The van der Waals surface area contributed by atoms with Crippen LogP contribution in [-0.2, 0) is 0 Å². The Labute approximate surface area is 161 Å². The summed E-state index contributed by atoms with van der Waals surface area (Å²) in [7, 11) is 0. The molecule has 3 heterocycles. The molecule has 3 rings (SSSR count). The number of allylic oxidation sites excluding steroid dienone is 2. The molecule has 0 amide bonds. The number of aromatic carboxylic acids is 2. The van der Waals surface area contributed by atoms with E-state index < -0.39 is 11.9 Å². The topological polar surface area (TPSA) is 114 Å². The van der Waals surface area contributed by atoms with Crippen molar-refractivity contribution in [2.24, 2.45) is 5.41 Å². The molecular formula is C21H20N3O4+. The van der Waals surface area contributed by atoms with Crippen LogP contribution in [0.25, 0.3) is 11.4 Å².